The first-order chi connectivity index (χ1) is 15.8. The first kappa shape index (κ1) is 24.2. The second kappa shape index (κ2) is 10.5. The zero-order valence-electron chi connectivity index (χ0n) is 19.4. The lowest BCUT2D eigenvalue weighted by atomic mass is 10.1. The second-order valence-electron chi connectivity index (χ2n) is 9.03. The van der Waals surface area contributed by atoms with E-state index >= 15 is 0 Å². The van der Waals surface area contributed by atoms with Crippen LogP contribution in [0.1, 0.15) is 22.4 Å². The van der Waals surface area contributed by atoms with Gasteiger partial charge < -0.3 is 9.64 Å². The smallest absolute Gasteiger partial charge is 0.237 e. The minimum Gasteiger partial charge on any atom is -0.496 e. The molecular formula is C24H33N3O4S2. The zero-order valence-corrected chi connectivity index (χ0v) is 21.0. The van der Waals surface area contributed by atoms with Gasteiger partial charge in [-0.15, -0.1) is 11.3 Å². The fraction of sp³-hybridized carbons (Fsp3) is 0.542. The van der Waals surface area contributed by atoms with Gasteiger partial charge in [0, 0.05) is 49.2 Å². The molecule has 0 saturated carbocycles. The predicted molar refractivity (Wildman–Crippen MR) is 131 cm³/mol. The second-order valence-corrected chi connectivity index (χ2v) is 12.3. The summed E-state index contributed by atoms with van der Waals surface area (Å²) in [4.78, 5) is 20.8. The van der Waals surface area contributed by atoms with Crippen LogP contribution in [0.4, 0.5) is 0 Å². The fourth-order valence-electron chi connectivity index (χ4n) is 4.67. The molecule has 2 fully saturated rings. The number of rotatable bonds is 8. The molecule has 1 aromatic carbocycles. The molecule has 2 saturated heterocycles. The Balaban J connectivity index is 1.34. The Hall–Kier alpha value is -1.94. The van der Waals surface area contributed by atoms with E-state index in [9.17, 15) is 13.2 Å². The van der Waals surface area contributed by atoms with Crippen LogP contribution in [-0.4, -0.2) is 86.4 Å². The van der Waals surface area contributed by atoms with Crippen LogP contribution in [-0.2, 0) is 27.7 Å². The summed E-state index contributed by atoms with van der Waals surface area (Å²) >= 11 is 1.60. The van der Waals surface area contributed by atoms with Crippen molar-refractivity contribution in [2.24, 2.45) is 0 Å². The largest absolute Gasteiger partial charge is 0.496 e. The first-order valence-corrected chi connectivity index (χ1v) is 14.1. The summed E-state index contributed by atoms with van der Waals surface area (Å²) in [6, 6.07) is 10.0. The molecule has 1 amide bonds. The number of benzene rings is 1. The number of nitrogens with zero attached hydrogens (tertiary/aromatic N) is 3. The lowest BCUT2D eigenvalue weighted by Gasteiger charge is -2.36. The van der Waals surface area contributed by atoms with Crippen molar-refractivity contribution in [1.82, 2.24) is 14.7 Å². The van der Waals surface area contributed by atoms with Crippen molar-refractivity contribution in [3.8, 4) is 5.75 Å². The van der Waals surface area contributed by atoms with Crippen LogP contribution in [0.15, 0.2) is 35.7 Å². The molecule has 1 aromatic heterocycles. The van der Waals surface area contributed by atoms with Crippen LogP contribution < -0.4 is 4.74 Å². The van der Waals surface area contributed by atoms with Gasteiger partial charge in [-0.2, -0.15) is 0 Å². The summed E-state index contributed by atoms with van der Waals surface area (Å²) in [7, 11) is -1.35. The Labute approximate surface area is 200 Å². The number of amides is 1. The quantitative estimate of drug-likeness (QED) is 0.565. The SMILES string of the molecule is COc1ccc(C)cc1CN1CCN(CC(=O)N(Cc2cccs2)C2CCS(=O)(=O)C2)CC1. The maximum absolute atomic E-state index is 13.3. The molecule has 0 N–H and O–H groups in total. The van der Waals surface area contributed by atoms with Gasteiger partial charge in [0.15, 0.2) is 9.84 Å². The van der Waals surface area contributed by atoms with Crippen molar-refractivity contribution in [1.29, 1.82) is 0 Å². The molecule has 3 heterocycles. The van der Waals surface area contributed by atoms with Crippen LogP contribution >= 0.6 is 11.3 Å². The normalized spacial score (nSPS) is 21.2. The Bertz CT molecular complexity index is 1050. The molecule has 2 aliphatic rings. The molecule has 33 heavy (non-hydrogen) atoms. The van der Waals surface area contributed by atoms with E-state index < -0.39 is 9.84 Å². The molecular weight excluding hydrogens is 458 g/mol. The number of aryl methyl sites for hydroxylation is 1. The summed E-state index contributed by atoms with van der Waals surface area (Å²) < 4.78 is 29.6. The summed E-state index contributed by atoms with van der Waals surface area (Å²) in [5.74, 6) is 1.19. The van der Waals surface area contributed by atoms with Crippen molar-refractivity contribution in [2.45, 2.75) is 32.5 Å². The molecule has 4 rings (SSSR count). The summed E-state index contributed by atoms with van der Waals surface area (Å²) in [6.07, 6.45) is 0.533. The van der Waals surface area contributed by atoms with Gasteiger partial charge >= 0.3 is 0 Å². The number of methoxy groups -OCH3 is 1. The standard InChI is InChI=1S/C24H33N3O4S2/c1-19-5-6-23(31-2)20(14-19)15-25-8-10-26(11-9-25)17-24(28)27(16-22-4-3-12-32-22)21-7-13-33(29,30)18-21/h3-6,12,14,21H,7-11,13,15-18H2,1-2H3. The van der Waals surface area contributed by atoms with E-state index in [1.165, 1.54) is 11.1 Å². The number of piperazine rings is 1. The summed E-state index contributed by atoms with van der Waals surface area (Å²) in [5, 5.41) is 1.99. The highest BCUT2D eigenvalue weighted by molar-refractivity contribution is 7.91. The van der Waals surface area contributed by atoms with Gasteiger partial charge in [0.1, 0.15) is 5.75 Å². The van der Waals surface area contributed by atoms with Crippen molar-refractivity contribution < 1.29 is 17.9 Å². The van der Waals surface area contributed by atoms with Crippen LogP contribution in [0.2, 0.25) is 0 Å². The summed E-state index contributed by atoms with van der Waals surface area (Å²) in [6.45, 7) is 7.14. The van der Waals surface area contributed by atoms with Gasteiger partial charge in [0.2, 0.25) is 5.91 Å². The monoisotopic (exact) mass is 491 g/mol. The molecule has 180 valence electrons. The van der Waals surface area contributed by atoms with E-state index in [-0.39, 0.29) is 23.5 Å². The van der Waals surface area contributed by atoms with E-state index in [4.69, 9.17) is 4.74 Å². The number of ether oxygens (including phenoxy) is 1. The van der Waals surface area contributed by atoms with E-state index in [0.29, 0.717) is 19.5 Å². The van der Waals surface area contributed by atoms with Gasteiger partial charge in [-0.25, -0.2) is 8.42 Å². The average Bonchev–Trinajstić information content (AvgIpc) is 3.42. The number of sulfone groups is 1. The Morgan fingerprint density at radius 1 is 1.18 bits per heavy atom. The van der Waals surface area contributed by atoms with Crippen molar-refractivity contribution in [3.63, 3.8) is 0 Å². The van der Waals surface area contributed by atoms with Crippen LogP contribution in [0.5, 0.6) is 5.75 Å². The molecule has 1 unspecified atom stereocenters. The maximum Gasteiger partial charge on any atom is 0.237 e. The Morgan fingerprint density at radius 3 is 2.58 bits per heavy atom. The third kappa shape index (κ3) is 6.35. The Kier molecular flexibility index (Phi) is 7.73. The van der Waals surface area contributed by atoms with Crippen LogP contribution in [0, 0.1) is 6.92 Å². The fourth-order valence-corrected chi connectivity index (χ4v) is 7.11. The minimum absolute atomic E-state index is 0.0271. The minimum atomic E-state index is -3.05. The molecule has 0 spiro atoms. The lowest BCUT2D eigenvalue weighted by Crippen LogP contribution is -2.51. The van der Waals surface area contributed by atoms with Crippen LogP contribution in [0.25, 0.3) is 0 Å². The van der Waals surface area contributed by atoms with Gasteiger partial charge in [0.25, 0.3) is 0 Å². The van der Waals surface area contributed by atoms with Gasteiger partial charge in [-0.05, 0) is 30.9 Å². The number of carbonyl (C=O) groups is 1. The number of hydrogen-bond acceptors (Lipinski definition) is 7. The van der Waals surface area contributed by atoms with Crippen molar-refractivity contribution >= 4 is 27.1 Å². The third-order valence-corrected chi connectivity index (χ3v) is 9.14. The number of hydrogen-bond donors (Lipinski definition) is 0. The van der Waals surface area contributed by atoms with Gasteiger partial charge in [-0.3, -0.25) is 14.6 Å². The Morgan fingerprint density at radius 2 is 1.94 bits per heavy atom. The maximum atomic E-state index is 13.3. The first-order valence-electron chi connectivity index (χ1n) is 11.4. The number of carbonyl (C=O) groups excluding carboxylic acids is 1. The van der Waals surface area contributed by atoms with Gasteiger partial charge in [0.05, 0.1) is 31.7 Å². The average molecular weight is 492 g/mol. The topological polar surface area (TPSA) is 70.2 Å². The molecule has 0 aliphatic carbocycles. The van der Waals surface area contributed by atoms with Crippen molar-refractivity contribution in [2.75, 3.05) is 51.3 Å². The molecule has 2 aromatic rings. The molecule has 0 bridgehead atoms. The third-order valence-electron chi connectivity index (χ3n) is 6.53. The molecule has 9 heteroatoms. The van der Waals surface area contributed by atoms with E-state index in [1.54, 1.807) is 23.3 Å². The van der Waals surface area contributed by atoms with E-state index in [0.717, 1.165) is 43.4 Å². The summed E-state index contributed by atoms with van der Waals surface area (Å²) in [5.41, 5.74) is 2.40. The van der Waals surface area contributed by atoms with Gasteiger partial charge in [-0.1, -0.05) is 23.8 Å². The number of thiophene rings is 1. The molecule has 1 atom stereocenters. The molecule has 2 aliphatic heterocycles. The van der Waals surface area contributed by atoms with E-state index in [1.807, 2.05) is 23.6 Å². The lowest BCUT2D eigenvalue weighted by molar-refractivity contribution is -0.135. The molecule has 0 radical (unpaired) electrons. The molecule has 7 nitrogen and oxygen atoms in total. The zero-order chi connectivity index (χ0) is 23.4. The highest BCUT2D eigenvalue weighted by Gasteiger charge is 2.35. The predicted octanol–water partition coefficient (Wildman–Crippen LogP) is 2.40. The van der Waals surface area contributed by atoms with Crippen LogP contribution in [0.3, 0.4) is 0 Å². The van der Waals surface area contributed by atoms with Crippen molar-refractivity contribution in [3.05, 3.63) is 51.7 Å². The highest BCUT2D eigenvalue weighted by Crippen LogP contribution is 2.24. The highest BCUT2D eigenvalue weighted by atomic mass is 32.2. The van der Waals surface area contributed by atoms with E-state index in [2.05, 4.69) is 28.9 Å².